The van der Waals surface area contributed by atoms with Gasteiger partial charge in [-0.05, 0) is 56.5 Å². The van der Waals surface area contributed by atoms with Gasteiger partial charge in [0.05, 0.1) is 5.75 Å². The van der Waals surface area contributed by atoms with Gasteiger partial charge in [0, 0.05) is 30.5 Å². The van der Waals surface area contributed by atoms with E-state index in [9.17, 15) is 9.59 Å². The summed E-state index contributed by atoms with van der Waals surface area (Å²) in [4.78, 5) is 31.0. The summed E-state index contributed by atoms with van der Waals surface area (Å²) >= 11 is 1.28. The molecule has 1 amide bonds. The number of hydrogen-bond donors (Lipinski definition) is 1. The normalized spacial score (nSPS) is 11.3. The fourth-order valence-electron chi connectivity index (χ4n) is 4.09. The Balaban J connectivity index is 1.69. The first kappa shape index (κ1) is 22.9. The number of anilines is 1. The number of amides is 1. The van der Waals surface area contributed by atoms with Gasteiger partial charge in [-0.3, -0.25) is 14.2 Å². The summed E-state index contributed by atoms with van der Waals surface area (Å²) in [7, 11) is 1.87. The molecule has 0 fully saturated rings. The van der Waals surface area contributed by atoms with E-state index in [1.807, 2.05) is 88.0 Å². The highest BCUT2D eigenvalue weighted by molar-refractivity contribution is 7.99. The second-order valence-corrected chi connectivity index (χ2v) is 9.54. The Kier molecular flexibility index (Phi) is 6.42. The van der Waals surface area contributed by atoms with Crippen molar-refractivity contribution in [3.8, 4) is 11.1 Å². The molecule has 1 N–H and O–H groups in total. The molecule has 0 radical (unpaired) electrons. The van der Waals surface area contributed by atoms with Crippen LogP contribution in [0.1, 0.15) is 31.0 Å². The molecule has 2 aromatic heterocycles. The summed E-state index contributed by atoms with van der Waals surface area (Å²) in [6.07, 6.45) is 1.94. The van der Waals surface area contributed by atoms with E-state index >= 15 is 0 Å². The van der Waals surface area contributed by atoms with Crippen molar-refractivity contribution in [2.24, 2.45) is 7.05 Å². The average molecular weight is 461 g/mol. The summed E-state index contributed by atoms with van der Waals surface area (Å²) < 4.78 is 3.51. The van der Waals surface area contributed by atoms with Crippen LogP contribution in [-0.2, 0) is 11.8 Å². The third-order valence-corrected chi connectivity index (χ3v) is 6.38. The van der Waals surface area contributed by atoms with Crippen LogP contribution in [0.4, 0.5) is 5.69 Å². The third-order valence-electron chi connectivity index (χ3n) is 5.43. The van der Waals surface area contributed by atoms with Crippen molar-refractivity contribution < 1.29 is 4.79 Å². The standard InChI is InChI=1S/C26H28N4O2S/c1-16(2)30-25(32)24-23(21(14-29(24)5)19-9-7-6-8-10-19)28-26(30)33-15-22(31)27-20-12-17(3)11-18(4)13-20/h6-14,16H,15H2,1-5H3,(H,27,31). The highest BCUT2D eigenvalue weighted by Crippen LogP contribution is 2.30. The Hall–Kier alpha value is -3.32. The number of carbonyl (C=O) groups is 1. The van der Waals surface area contributed by atoms with E-state index in [2.05, 4.69) is 11.4 Å². The minimum atomic E-state index is -0.133. The topological polar surface area (TPSA) is 68.9 Å². The summed E-state index contributed by atoms with van der Waals surface area (Å²) in [5, 5.41) is 3.50. The van der Waals surface area contributed by atoms with Gasteiger partial charge in [-0.1, -0.05) is 48.2 Å². The zero-order valence-electron chi connectivity index (χ0n) is 19.5. The first-order chi connectivity index (χ1) is 15.7. The molecule has 0 unspecified atom stereocenters. The SMILES string of the molecule is Cc1cc(C)cc(NC(=O)CSc2nc3c(-c4ccccc4)cn(C)c3c(=O)n2C(C)C)c1. The molecule has 0 aliphatic rings. The number of nitrogens with zero attached hydrogens (tertiary/aromatic N) is 3. The van der Waals surface area contributed by atoms with Crippen molar-refractivity contribution in [2.45, 2.75) is 38.9 Å². The van der Waals surface area contributed by atoms with Gasteiger partial charge in [-0.15, -0.1) is 0 Å². The minimum absolute atomic E-state index is 0.0885. The van der Waals surface area contributed by atoms with Crippen LogP contribution >= 0.6 is 11.8 Å². The predicted octanol–water partition coefficient (Wildman–Crippen LogP) is 5.33. The molecular weight excluding hydrogens is 432 g/mol. The molecule has 33 heavy (non-hydrogen) atoms. The molecule has 0 saturated heterocycles. The lowest BCUT2D eigenvalue weighted by molar-refractivity contribution is -0.113. The van der Waals surface area contributed by atoms with Crippen molar-refractivity contribution >= 4 is 34.4 Å². The quantitative estimate of drug-likeness (QED) is 0.312. The number of thioether (sulfide) groups is 1. The molecule has 7 heteroatoms. The molecule has 2 aromatic carbocycles. The summed E-state index contributed by atoms with van der Waals surface area (Å²) in [5.41, 5.74) is 5.99. The fraction of sp³-hybridized carbons (Fsp3) is 0.269. The van der Waals surface area contributed by atoms with Crippen LogP contribution in [-0.4, -0.2) is 25.8 Å². The van der Waals surface area contributed by atoms with E-state index in [1.165, 1.54) is 11.8 Å². The number of rotatable bonds is 6. The Bertz CT molecular complexity index is 1370. The van der Waals surface area contributed by atoms with Crippen LogP contribution in [0.5, 0.6) is 0 Å². The van der Waals surface area contributed by atoms with E-state index in [4.69, 9.17) is 4.98 Å². The summed E-state index contributed by atoms with van der Waals surface area (Å²) in [6.45, 7) is 7.91. The second kappa shape index (κ2) is 9.27. The largest absolute Gasteiger partial charge is 0.344 e. The van der Waals surface area contributed by atoms with Crippen LogP contribution in [0.3, 0.4) is 0 Å². The van der Waals surface area contributed by atoms with E-state index in [1.54, 1.807) is 4.57 Å². The highest BCUT2D eigenvalue weighted by Gasteiger charge is 2.20. The number of carbonyl (C=O) groups excluding carboxylic acids is 1. The molecule has 6 nitrogen and oxygen atoms in total. The zero-order valence-corrected chi connectivity index (χ0v) is 20.4. The van der Waals surface area contributed by atoms with Gasteiger partial charge in [0.25, 0.3) is 5.56 Å². The molecule has 170 valence electrons. The van der Waals surface area contributed by atoms with Gasteiger partial charge in [-0.25, -0.2) is 4.98 Å². The fourth-order valence-corrected chi connectivity index (χ4v) is 5.01. The van der Waals surface area contributed by atoms with Gasteiger partial charge in [0.1, 0.15) is 11.0 Å². The smallest absolute Gasteiger partial charge is 0.278 e. The number of fused-ring (bicyclic) bond motifs is 1. The first-order valence-corrected chi connectivity index (χ1v) is 11.9. The van der Waals surface area contributed by atoms with E-state index < -0.39 is 0 Å². The molecule has 0 aliphatic heterocycles. The molecule has 0 spiro atoms. The van der Waals surface area contributed by atoms with Crippen molar-refractivity contribution in [3.63, 3.8) is 0 Å². The van der Waals surface area contributed by atoms with E-state index in [-0.39, 0.29) is 23.3 Å². The number of aryl methyl sites for hydroxylation is 3. The van der Waals surface area contributed by atoms with Crippen molar-refractivity contribution in [1.82, 2.24) is 14.1 Å². The second-order valence-electron chi connectivity index (χ2n) is 8.59. The highest BCUT2D eigenvalue weighted by atomic mass is 32.2. The van der Waals surface area contributed by atoms with Crippen molar-refractivity contribution in [2.75, 3.05) is 11.1 Å². The lowest BCUT2D eigenvalue weighted by Gasteiger charge is -2.16. The molecule has 2 heterocycles. The lowest BCUT2D eigenvalue weighted by atomic mass is 10.1. The van der Waals surface area contributed by atoms with E-state index in [0.29, 0.717) is 16.2 Å². The van der Waals surface area contributed by atoms with Crippen LogP contribution in [0.2, 0.25) is 0 Å². The Morgan fingerprint density at radius 1 is 1.09 bits per heavy atom. The van der Waals surface area contributed by atoms with Gasteiger partial charge in [-0.2, -0.15) is 0 Å². The minimum Gasteiger partial charge on any atom is -0.344 e. The molecule has 0 aliphatic carbocycles. The molecule has 0 saturated carbocycles. The number of benzene rings is 2. The predicted molar refractivity (Wildman–Crippen MR) is 136 cm³/mol. The first-order valence-electron chi connectivity index (χ1n) is 10.9. The van der Waals surface area contributed by atoms with Crippen LogP contribution < -0.4 is 10.9 Å². The van der Waals surface area contributed by atoms with Gasteiger partial charge >= 0.3 is 0 Å². The van der Waals surface area contributed by atoms with Gasteiger partial charge in [0.2, 0.25) is 5.91 Å². The van der Waals surface area contributed by atoms with Crippen LogP contribution in [0.15, 0.2) is 64.7 Å². The molecule has 0 atom stereocenters. The molecule has 4 aromatic rings. The van der Waals surface area contributed by atoms with Crippen LogP contribution in [0.25, 0.3) is 22.2 Å². The van der Waals surface area contributed by atoms with Crippen LogP contribution in [0, 0.1) is 13.8 Å². The van der Waals surface area contributed by atoms with Crippen molar-refractivity contribution in [3.05, 3.63) is 76.2 Å². The maximum atomic E-state index is 13.5. The number of hydrogen-bond acceptors (Lipinski definition) is 4. The van der Waals surface area contributed by atoms with Gasteiger partial charge in [0.15, 0.2) is 5.16 Å². The maximum Gasteiger partial charge on any atom is 0.278 e. The lowest BCUT2D eigenvalue weighted by Crippen LogP contribution is -2.26. The monoisotopic (exact) mass is 460 g/mol. The maximum absolute atomic E-state index is 13.5. The Morgan fingerprint density at radius 3 is 2.39 bits per heavy atom. The number of nitrogens with one attached hydrogen (secondary N) is 1. The zero-order chi connectivity index (χ0) is 23.7. The average Bonchev–Trinajstić information content (AvgIpc) is 3.08. The molecule has 0 bridgehead atoms. The molecule has 4 rings (SSSR count). The third kappa shape index (κ3) is 4.73. The van der Waals surface area contributed by atoms with Crippen molar-refractivity contribution in [1.29, 1.82) is 0 Å². The number of aromatic nitrogens is 3. The Labute approximate surface area is 197 Å². The summed E-state index contributed by atoms with van der Waals surface area (Å²) in [6, 6.07) is 15.8. The molecular formula is C26H28N4O2S. The van der Waals surface area contributed by atoms with E-state index in [0.717, 1.165) is 27.9 Å². The van der Waals surface area contributed by atoms with Gasteiger partial charge < -0.3 is 9.88 Å². The Morgan fingerprint density at radius 2 is 1.76 bits per heavy atom. The summed E-state index contributed by atoms with van der Waals surface area (Å²) in [5.74, 6) is 0.0246.